The summed E-state index contributed by atoms with van der Waals surface area (Å²) < 4.78 is 46.3. The number of rotatable bonds is 8. The smallest absolute Gasteiger partial charge is 0.416 e. The van der Waals surface area contributed by atoms with Crippen LogP contribution in [0, 0.1) is 0 Å². The van der Waals surface area contributed by atoms with Crippen molar-refractivity contribution < 1.29 is 17.9 Å². The largest absolute Gasteiger partial charge is 0.489 e. The summed E-state index contributed by atoms with van der Waals surface area (Å²) in [6, 6.07) is 19.4. The lowest BCUT2D eigenvalue weighted by molar-refractivity contribution is -0.137. The second-order valence-electron chi connectivity index (χ2n) is 9.40. The number of aryl methyl sites for hydroxylation is 1. The number of imidazole rings is 1. The van der Waals surface area contributed by atoms with Gasteiger partial charge in [-0.2, -0.15) is 13.2 Å². The van der Waals surface area contributed by atoms with Gasteiger partial charge in [-0.1, -0.05) is 31.5 Å². The zero-order valence-electron chi connectivity index (χ0n) is 20.8. The van der Waals surface area contributed by atoms with Crippen LogP contribution in [0.4, 0.5) is 13.2 Å². The average Bonchev–Trinajstić information content (AvgIpc) is 3.34. The standard InChI is InChI=1S/C30H30F3N3O/c1-2-3-4-29-35-28(19-36(29)26-12-7-22-15-16-34-18-24(22)17-26)23-8-13-27(14-9-23)37-20-21-5-10-25(11-6-21)30(31,32)33/h5-14,17,19,34H,2-4,15-16,18,20H2,1H3. The highest BCUT2D eigenvalue weighted by atomic mass is 19.4. The third kappa shape index (κ3) is 5.88. The molecule has 37 heavy (non-hydrogen) atoms. The molecule has 7 heteroatoms. The molecule has 0 unspecified atom stereocenters. The molecule has 0 fully saturated rings. The van der Waals surface area contributed by atoms with Crippen LogP contribution >= 0.6 is 0 Å². The van der Waals surface area contributed by atoms with Gasteiger partial charge in [-0.3, -0.25) is 0 Å². The molecule has 1 aliphatic rings. The summed E-state index contributed by atoms with van der Waals surface area (Å²) in [5.41, 5.74) is 5.78. The number of ether oxygens (including phenoxy) is 1. The Labute approximate surface area is 215 Å². The van der Waals surface area contributed by atoms with E-state index in [9.17, 15) is 13.2 Å². The van der Waals surface area contributed by atoms with Crippen LogP contribution in [0.15, 0.2) is 72.9 Å². The van der Waals surface area contributed by atoms with E-state index in [2.05, 4.69) is 41.2 Å². The topological polar surface area (TPSA) is 39.1 Å². The molecule has 0 spiro atoms. The number of halogens is 3. The molecule has 0 saturated carbocycles. The second-order valence-corrected chi connectivity index (χ2v) is 9.40. The van der Waals surface area contributed by atoms with E-state index in [0.717, 1.165) is 73.7 Å². The van der Waals surface area contributed by atoms with Crippen molar-refractivity contribution >= 4 is 0 Å². The Morgan fingerprint density at radius 1 is 0.973 bits per heavy atom. The second kappa shape index (κ2) is 10.8. The molecule has 2 heterocycles. The predicted octanol–water partition coefficient (Wildman–Crippen LogP) is 7.13. The summed E-state index contributed by atoms with van der Waals surface area (Å²) in [4.78, 5) is 4.97. The Balaban J connectivity index is 1.32. The normalized spacial score (nSPS) is 13.4. The summed E-state index contributed by atoms with van der Waals surface area (Å²) in [5, 5.41) is 3.45. The molecule has 0 atom stereocenters. The lowest BCUT2D eigenvalue weighted by atomic mass is 10.0. The van der Waals surface area contributed by atoms with Crippen LogP contribution in [0.5, 0.6) is 5.75 Å². The van der Waals surface area contributed by atoms with Gasteiger partial charge in [0.15, 0.2) is 0 Å². The van der Waals surface area contributed by atoms with Crippen molar-refractivity contribution in [2.24, 2.45) is 0 Å². The lowest BCUT2D eigenvalue weighted by Crippen LogP contribution is -2.23. The van der Waals surface area contributed by atoms with E-state index in [0.29, 0.717) is 11.3 Å². The van der Waals surface area contributed by atoms with Crippen LogP contribution in [0.25, 0.3) is 16.9 Å². The molecule has 0 radical (unpaired) electrons. The van der Waals surface area contributed by atoms with Gasteiger partial charge in [-0.15, -0.1) is 0 Å². The zero-order chi connectivity index (χ0) is 25.8. The zero-order valence-corrected chi connectivity index (χ0v) is 20.8. The third-order valence-corrected chi connectivity index (χ3v) is 6.72. The minimum atomic E-state index is -4.34. The first-order valence-electron chi connectivity index (χ1n) is 12.7. The van der Waals surface area contributed by atoms with Gasteiger partial charge in [0.1, 0.15) is 18.2 Å². The molecule has 0 saturated heterocycles. The quantitative estimate of drug-likeness (QED) is 0.277. The maximum atomic E-state index is 12.8. The predicted molar refractivity (Wildman–Crippen MR) is 139 cm³/mol. The average molecular weight is 506 g/mol. The molecule has 3 aromatic carbocycles. The van der Waals surface area contributed by atoms with E-state index >= 15 is 0 Å². The summed E-state index contributed by atoms with van der Waals surface area (Å²) >= 11 is 0. The Bertz CT molecular complexity index is 1340. The van der Waals surface area contributed by atoms with Gasteiger partial charge < -0.3 is 14.6 Å². The molecule has 1 N–H and O–H groups in total. The third-order valence-electron chi connectivity index (χ3n) is 6.72. The van der Waals surface area contributed by atoms with Crippen molar-refractivity contribution in [1.82, 2.24) is 14.9 Å². The van der Waals surface area contributed by atoms with Crippen LogP contribution in [-0.4, -0.2) is 16.1 Å². The molecule has 5 rings (SSSR count). The van der Waals surface area contributed by atoms with Gasteiger partial charge in [0.05, 0.1) is 11.3 Å². The van der Waals surface area contributed by atoms with E-state index < -0.39 is 11.7 Å². The highest BCUT2D eigenvalue weighted by molar-refractivity contribution is 5.61. The van der Waals surface area contributed by atoms with E-state index in [4.69, 9.17) is 9.72 Å². The molecular formula is C30H30F3N3O. The maximum absolute atomic E-state index is 12.8. The summed E-state index contributed by atoms with van der Waals surface area (Å²) in [6.45, 7) is 4.29. The monoisotopic (exact) mass is 505 g/mol. The number of nitrogens with one attached hydrogen (secondary N) is 1. The molecule has 0 bridgehead atoms. The number of unbranched alkanes of at least 4 members (excludes halogenated alkanes) is 1. The fourth-order valence-corrected chi connectivity index (χ4v) is 4.59. The number of nitrogens with zero attached hydrogens (tertiary/aromatic N) is 2. The van der Waals surface area contributed by atoms with Gasteiger partial charge in [0.2, 0.25) is 0 Å². The van der Waals surface area contributed by atoms with Crippen LogP contribution in [0.2, 0.25) is 0 Å². The molecule has 1 aliphatic heterocycles. The Kier molecular flexibility index (Phi) is 7.33. The highest BCUT2D eigenvalue weighted by Gasteiger charge is 2.29. The van der Waals surface area contributed by atoms with Crippen molar-refractivity contribution in [2.75, 3.05) is 6.54 Å². The molecule has 4 nitrogen and oxygen atoms in total. The maximum Gasteiger partial charge on any atom is 0.416 e. The van der Waals surface area contributed by atoms with Crippen LogP contribution in [-0.2, 0) is 32.2 Å². The Morgan fingerprint density at radius 3 is 2.49 bits per heavy atom. The van der Waals surface area contributed by atoms with E-state index in [-0.39, 0.29) is 6.61 Å². The van der Waals surface area contributed by atoms with Crippen molar-refractivity contribution in [3.8, 4) is 22.7 Å². The SMILES string of the molecule is CCCCc1nc(-c2ccc(OCc3ccc(C(F)(F)F)cc3)cc2)cn1-c1ccc2c(c1)CNCC2. The van der Waals surface area contributed by atoms with Gasteiger partial charge in [-0.05, 0) is 84.6 Å². The van der Waals surface area contributed by atoms with Crippen molar-refractivity contribution in [1.29, 1.82) is 0 Å². The fraction of sp³-hybridized carbons (Fsp3) is 0.300. The first kappa shape index (κ1) is 25.1. The summed E-state index contributed by atoms with van der Waals surface area (Å²) in [6.07, 6.45) is 1.89. The van der Waals surface area contributed by atoms with Crippen LogP contribution in [0.3, 0.4) is 0 Å². The van der Waals surface area contributed by atoms with Gasteiger partial charge >= 0.3 is 6.18 Å². The van der Waals surface area contributed by atoms with Crippen LogP contribution < -0.4 is 10.1 Å². The van der Waals surface area contributed by atoms with Gasteiger partial charge in [0, 0.05) is 30.4 Å². The van der Waals surface area contributed by atoms with Crippen molar-refractivity contribution in [3.05, 3.63) is 101 Å². The lowest BCUT2D eigenvalue weighted by Gasteiger charge is -2.18. The van der Waals surface area contributed by atoms with E-state index in [1.165, 1.54) is 23.3 Å². The Morgan fingerprint density at radius 2 is 1.76 bits per heavy atom. The first-order valence-corrected chi connectivity index (χ1v) is 12.7. The van der Waals surface area contributed by atoms with E-state index in [1.54, 1.807) is 0 Å². The number of benzene rings is 3. The minimum absolute atomic E-state index is 0.195. The summed E-state index contributed by atoms with van der Waals surface area (Å²) in [5.74, 6) is 1.69. The highest BCUT2D eigenvalue weighted by Crippen LogP contribution is 2.30. The first-order chi connectivity index (χ1) is 17.9. The number of fused-ring (bicyclic) bond motifs is 1. The van der Waals surface area contributed by atoms with Crippen molar-refractivity contribution in [2.45, 2.75) is 51.9 Å². The van der Waals surface area contributed by atoms with Crippen molar-refractivity contribution in [3.63, 3.8) is 0 Å². The van der Waals surface area contributed by atoms with Crippen LogP contribution in [0.1, 0.15) is 47.8 Å². The number of hydrogen-bond donors (Lipinski definition) is 1. The molecule has 1 aromatic heterocycles. The molecule has 0 amide bonds. The number of aromatic nitrogens is 2. The van der Waals surface area contributed by atoms with Gasteiger partial charge in [0.25, 0.3) is 0 Å². The Hall–Kier alpha value is -3.58. The molecule has 0 aliphatic carbocycles. The minimum Gasteiger partial charge on any atom is -0.489 e. The molecule has 192 valence electrons. The summed E-state index contributed by atoms with van der Waals surface area (Å²) in [7, 11) is 0. The fourth-order valence-electron chi connectivity index (χ4n) is 4.59. The molecular weight excluding hydrogens is 475 g/mol. The number of alkyl halides is 3. The number of hydrogen-bond acceptors (Lipinski definition) is 3. The molecule has 4 aromatic rings. The van der Waals surface area contributed by atoms with Gasteiger partial charge in [-0.25, -0.2) is 4.98 Å². The van der Waals surface area contributed by atoms with E-state index in [1.807, 2.05) is 24.3 Å².